The standard InChI is InChI=1S/C12H16N2O4/c1-2-18-11(16)5-6-14-12(17)9-4-3-8(13)7-10(9)15/h3-4,7,15H,2,5-6,13H2,1H3,(H,14,17). The molecule has 6 nitrogen and oxygen atoms in total. The number of aromatic hydroxyl groups is 1. The molecule has 0 radical (unpaired) electrons. The fourth-order valence-corrected chi connectivity index (χ4v) is 1.35. The van der Waals surface area contributed by atoms with Crippen LogP contribution in [0.25, 0.3) is 0 Å². The molecule has 4 N–H and O–H groups in total. The van der Waals surface area contributed by atoms with Crippen LogP contribution in [0.3, 0.4) is 0 Å². The van der Waals surface area contributed by atoms with Crippen molar-refractivity contribution in [3.8, 4) is 5.75 Å². The highest BCUT2D eigenvalue weighted by atomic mass is 16.5. The van der Waals surface area contributed by atoms with Crippen molar-refractivity contribution in [3.05, 3.63) is 23.8 Å². The van der Waals surface area contributed by atoms with E-state index in [1.54, 1.807) is 6.92 Å². The number of anilines is 1. The van der Waals surface area contributed by atoms with Crippen LogP contribution in [0.2, 0.25) is 0 Å². The summed E-state index contributed by atoms with van der Waals surface area (Å²) in [5.41, 5.74) is 5.94. The molecule has 0 aromatic heterocycles. The highest BCUT2D eigenvalue weighted by molar-refractivity contribution is 5.97. The zero-order chi connectivity index (χ0) is 13.5. The lowest BCUT2D eigenvalue weighted by atomic mass is 10.1. The number of carbonyl (C=O) groups is 2. The average Bonchev–Trinajstić information content (AvgIpc) is 2.29. The van der Waals surface area contributed by atoms with Crippen molar-refractivity contribution in [2.75, 3.05) is 18.9 Å². The number of nitrogens with one attached hydrogen (secondary N) is 1. The Bertz CT molecular complexity index is 446. The molecule has 0 aliphatic rings. The molecule has 0 aliphatic heterocycles. The van der Waals surface area contributed by atoms with Crippen molar-refractivity contribution in [1.82, 2.24) is 5.32 Å². The molecule has 0 aliphatic carbocycles. The summed E-state index contributed by atoms with van der Waals surface area (Å²) in [5, 5.41) is 12.0. The number of carbonyl (C=O) groups excluding carboxylic acids is 2. The Morgan fingerprint density at radius 1 is 1.44 bits per heavy atom. The van der Waals surface area contributed by atoms with Crippen LogP contribution < -0.4 is 11.1 Å². The van der Waals surface area contributed by atoms with Gasteiger partial charge in [0.2, 0.25) is 0 Å². The first-order valence-electron chi connectivity index (χ1n) is 5.57. The number of phenols is 1. The van der Waals surface area contributed by atoms with E-state index in [0.29, 0.717) is 12.3 Å². The van der Waals surface area contributed by atoms with E-state index in [9.17, 15) is 14.7 Å². The van der Waals surface area contributed by atoms with Gasteiger partial charge in [0.1, 0.15) is 5.75 Å². The summed E-state index contributed by atoms with van der Waals surface area (Å²) < 4.78 is 4.71. The van der Waals surface area contributed by atoms with E-state index in [0.717, 1.165) is 0 Å². The van der Waals surface area contributed by atoms with Crippen molar-refractivity contribution in [2.24, 2.45) is 0 Å². The van der Waals surface area contributed by atoms with Gasteiger partial charge in [-0.1, -0.05) is 0 Å². The van der Waals surface area contributed by atoms with Gasteiger partial charge >= 0.3 is 5.97 Å². The first-order valence-corrected chi connectivity index (χ1v) is 5.57. The zero-order valence-electron chi connectivity index (χ0n) is 10.1. The summed E-state index contributed by atoms with van der Waals surface area (Å²) >= 11 is 0. The monoisotopic (exact) mass is 252 g/mol. The summed E-state index contributed by atoms with van der Waals surface area (Å²) in [6, 6.07) is 4.23. The fourth-order valence-electron chi connectivity index (χ4n) is 1.35. The van der Waals surface area contributed by atoms with Gasteiger partial charge in [-0.15, -0.1) is 0 Å². The Balaban J connectivity index is 2.48. The highest BCUT2D eigenvalue weighted by Crippen LogP contribution is 2.19. The van der Waals surface area contributed by atoms with Gasteiger partial charge in [-0.3, -0.25) is 9.59 Å². The first-order chi connectivity index (χ1) is 8.54. The predicted molar refractivity (Wildman–Crippen MR) is 66.1 cm³/mol. The Labute approximate surface area is 105 Å². The van der Waals surface area contributed by atoms with Crippen LogP contribution in [0.1, 0.15) is 23.7 Å². The molecule has 18 heavy (non-hydrogen) atoms. The van der Waals surface area contributed by atoms with Gasteiger partial charge < -0.3 is 20.9 Å². The summed E-state index contributed by atoms with van der Waals surface area (Å²) in [5.74, 6) is -1.03. The van der Waals surface area contributed by atoms with Gasteiger partial charge in [0.25, 0.3) is 5.91 Å². The second kappa shape index (κ2) is 6.48. The normalized spacial score (nSPS) is 9.83. The first kappa shape index (κ1) is 13.8. The van der Waals surface area contributed by atoms with Crippen LogP contribution in [-0.4, -0.2) is 30.1 Å². The summed E-state index contributed by atoms with van der Waals surface area (Å²) in [6.45, 7) is 2.18. The third kappa shape index (κ3) is 3.97. The van der Waals surface area contributed by atoms with Crippen molar-refractivity contribution < 1.29 is 19.4 Å². The van der Waals surface area contributed by atoms with Crippen molar-refractivity contribution in [2.45, 2.75) is 13.3 Å². The van der Waals surface area contributed by atoms with E-state index >= 15 is 0 Å². The number of nitrogens with two attached hydrogens (primary N) is 1. The smallest absolute Gasteiger partial charge is 0.307 e. The number of amides is 1. The van der Waals surface area contributed by atoms with Gasteiger partial charge in [0, 0.05) is 18.3 Å². The third-order valence-corrected chi connectivity index (χ3v) is 2.19. The van der Waals surface area contributed by atoms with Gasteiger partial charge in [-0.25, -0.2) is 0 Å². The van der Waals surface area contributed by atoms with Crippen LogP contribution in [0.5, 0.6) is 5.75 Å². The topological polar surface area (TPSA) is 102 Å². The van der Waals surface area contributed by atoms with E-state index < -0.39 is 5.91 Å². The fraction of sp³-hybridized carbons (Fsp3) is 0.333. The summed E-state index contributed by atoms with van der Waals surface area (Å²) in [4.78, 5) is 22.7. The summed E-state index contributed by atoms with van der Waals surface area (Å²) in [7, 11) is 0. The number of esters is 1. The van der Waals surface area contributed by atoms with E-state index in [-0.39, 0.29) is 30.2 Å². The minimum absolute atomic E-state index is 0.0926. The van der Waals surface area contributed by atoms with Crippen molar-refractivity contribution >= 4 is 17.6 Å². The Morgan fingerprint density at radius 3 is 2.78 bits per heavy atom. The number of nitrogen functional groups attached to an aromatic ring is 1. The number of rotatable bonds is 5. The van der Waals surface area contributed by atoms with E-state index in [2.05, 4.69) is 5.32 Å². The highest BCUT2D eigenvalue weighted by Gasteiger charge is 2.11. The zero-order valence-corrected chi connectivity index (χ0v) is 10.1. The maximum absolute atomic E-state index is 11.7. The largest absolute Gasteiger partial charge is 0.507 e. The quantitative estimate of drug-likeness (QED) is 0.527. The molecule has 0 spiro atoms. The molecule has 1 aromatic rings. The van der Waals surface area contributed by atoms with Gasteiger partial charge in [-0.2, -0.15) is 0 Å². The van der Waals surface area contributed by atoms with E-state index in [1.165, 1.54) is 18.2 Å². The molecule has 0 atom stereocenters. The maximum atomic E-state index is 11.7. The molecular weight excluding hydrogens is 236 g/mol. The Kier molecular flexibility index (Phi) is 4.98. The van der Waals surface area contributed by atoms with Crippen LogP contribution in [0.15, 0.2) is 18.2 Å². The third-order valence-electron chi connectivity index (χ3n) is 2.19. The van der Waals surface area contributed by atoms with Crippen LogP contribution in [0.4, 0.5) is 5.69 Å². The molecule has 0 heterocycles. The number of hydrogen-bond donors (Lipinski definition) is 3. The molecule has 0 unspecified atom stereocenters. The molecule has 1 amide bonds. The van der Waals surface area contributed by atoms with Gasteiger partial charge in [0.15, 0.2) is 0 Å². The molecule has 98 valence electrons. The lowest BCUT2D eigenvalue weighted by Crippen LogP contribution is -2.26. The van der Waals surface area contributed by atoms with Gasteiger partial charge in [-0.05, 0) is 19.1 Å². The van der Waals surface area contributed by atoms with Gasteiger partial charge in [0.05, 0.1) is 18.6 Å². The molecule has 0 saturated carbocycles. The number of hydrogen-bond acceptors (Lipinski definition) is 5. The molecule has 0 fully saturated rings. The minimum atomic E-state index is -0.461. The lowest BCUT2D eigenvalue weighted by molar-refractivity contribution is -0.142. The molecule has 0 bridgehead atoms. The second-order valence-electron chi connectivity index (χ2n) is 3.59. The Hall–Kier alpha value is -2.24. The van der Waals surface area contributed by atoms with Crippen LogP contribution >= 0.6 is 0 Å². The Morgan fingerprint density at radius 2 is 2.17 bits per heavy atom. The average molecular weight is 252 g/mol. The maximum Gasteiger partial charge on any atom is 0.307 e. The second-order valence-corrected chi connectivity index (χ2v) is 3.59. The van der Waals surface area contributed by atoms with Crippen molar-refractivity contribution in [3.63, 3.8) is 0 Å². The molecule has 6 heteroatoms. The molecular formula is C12H16N2O4. The van der Waals surface area contributed by atoms with Crippen LogP contribution in [-0.2, 0) is 9.53 Å². The molecule has 1 aromatic carbocycles. The SMILES string of the molecule is CCOC(=O)CCNC(=O)c1ccc(N)cc1O. The van der Waals surface area contributed by atoms with Crippen LogP contribution in [0, 0.1) is 0 Å². The number of phenolic OH excluding ortho intramolecular Hbond substituents is 1. The van der Waals surface area contributed by atoms with E-state index in [4.69, 9.17) is 10.5 Å². The minimum Gasteiger partial charge on any atom is -0.507 e. The number of ether oxygens (including phenoxy) is 1. The molecule has 1 rings (SSSR count). The molecule has 0 saturated heterocycles. The summed E-state index contributed by atoms with van der Waals surface area (Å²) in [6.07, 6.45) is 0.0926. The van der Waals surface area contributed by atoms with Crippen molar-refractivity contribution in [1.29, 1.82) is 0 Å². The lowest BCUT2D eigenvalue weighted by Gasteiger charge is -2.07. The van der Waals surface area contributed by atoms with E-state index in [1.807, 2.05) is 0 Å². The predicted octanol–water partition coefficient (Wildman–Crippen LogP) is 0.657. The number of benzene rings is 1.